The zero-order valence-corrected chi connectivity index (χ0v) is 25.7. The molecule has 2 heterocycles. The zero-order chi connectivity index (χ0) is 30.8. The number of hydrogen-bond acceptors (Lipinski definition) is 3. The van der Waals surface area contributed by atoms with Gasteiger partial charge < -0.3 is 4.42 Å². The Kier molecular flexibility index (Phi) is 5.85. The lowest BCUT2D eigenvalue weighted by molar-refractivity contribution is 0.648. The highest BCUT2D eigenvalue weighted by atomic mass is 16.3. The molecule has 0 saturated carbocycles. The van der Waals surface area contributed by atoms with Gasteiger partial charge >= 0.3 is 0 Å². The Labute approximate surface area is 267 Å². The first-order chi connectivity index (χ1) is 22.5. The van der Waals surface area contributed by atoms with Crippen LogP contribution in [0, 0.1) is 0 Å². The van der Waals surface area contributed by atoms with E-state index in [4.69, 9.17) is 14.4 Å². The summed E-state index contributed by atoms with van der Waals surface area (Å²) in [7, 11) is 0. The fraction of sp³-hybridized carbons (Fsp3) is 0.0698. The van der Waals surface area contributed by atoms with E-state index in [0.717, 1.165) is 61.1 Å². The highest BCUT2D eigenvalue weighted by molar-refractivity contribution is 6.11. The Morgan fingerprint density at radius 2 is 1.07 bits per heavy atom. The molecule has 2 aromatic heterocycles. The van der Waals surface area contributed by atoms with Crippen LogP contribution in [-0.2, 0) is 5.41 Å². The highest BCUT2D eigenvalue weighted by Gasteiger charge is 2.36. The van der Waals surface area contributed by atoms with Gasteiger partial charge in [0.25, 0.3) is 0 Å². The van der Waals surface area contributed by atoms with Crippen LogP contribution in [0.1, 0.15) is 25.0 Å². The summed E-state index contributed by atoms with van der Waals surface area (Å²) < 4.78 is 6.68. The predicted octanol–water partition coefficient (Wildman–Crippen LogP) is 11.4. The van der Waals surface area contributed by atoms with E-state index in [-0.39, 0.29) is 5.41 Å². The third kappa shape index (κ3) is 4.13. The van der Waals surface area contributed by atoms with Gasteiger partial charge in [-0.05, 0) is 46.0 Å². The summed E-state index contributed by atoms with van der Waals surface area (Å²) in [6.07, 6.45) is 0. The quantitative estimate of drug-likeness (QED) is 0.205. The smallest absolute Gasteiger partial charge is 0.160 e. The van der Waals surface area contributed by atoms with Crippen LogP contribution in [0.2, 0.25) is 0 Å². The molecule has 0 atom stereocenters. The van der Waals surface area contributed by atoms with E-state index in [1.54, 1.807) is 0 Å². The summed E-state index contributed by atoms with van der Waals surface area (Å²) in [5.41, 5.74) is 14.1. The first-order valence-corrected chi connectivity index (χ1v) is 15.7. The van der Waals surface area contributed by atoms with Crippen LogP contribution < -0.4 is 0 Å². The van der Waals surface area contributed by atoms with Gasteiger partial charge in [-0.2, -0.15) is 0 Å². The van der Waals surface area contributed by atoms with E-state index in [2.05, 4.69) is 123 Å². The summed E-state index contributed by atoms with van der Waals surface area (Å²) in [4.78, 5) is 10.0. The van der Waals surface area contributed by atoms with Crippen molar-refractivity contribution in [2.75, 3.05) is 0 Å². The van der Waals surface area contributed by atoms with Gasteiger partial charge in [0, 0.05) is 38.4 Å². The average molecular weight is 591 g/mol. The van der Waals surface area contributed by atoms with Crippen molar-refractivity contribution in [3.63, 3.8) is 0 Å². The third-order valence-corrected chi connectivity index (χ3v) is 9.52. The fourth-order valence-corrected chi connectivity index (χ4v) is 7.11. The largest absolute Gasteiger partial charge is 0.455 e. The van der Waals surface area contributed by atoms with Gasteiger partial charge in [0.15, 0.2) is 5.82 Å². The Morgan fingerprint density at radius 1 is 0.457 bits per heavy atom. The van der Waals surface area contributed by atoms with Crippen molar-refractivity contribution < 1.29 is 4.42 Å². The van der Waals surface area contributed by atoms with Crippen molar-refractivity contribution in [1.82, 2.24) is 9.97 Å². The van der Waals surface area contributed by atoms with Gasteiger partial charge in [-0.15, -0.1) is 0 Å². The maximum atomic E-state index is 6.68. The number of aromatic nitrogens is 2. The van der Waals surface area contributed by atoms with Gasteiger partial charge in [0.05, 0.1) is 11.4 Å². The molecule has 0 aliphatic heterocycles. The molecule has 0 radical (unpaired) electrons. The molecule has 0 spiro atoms. The number of rotatable bonds is 4. The summed E-state index contributed by atoms with van der Waals surface area (Å²) in [6, 6.07) is 51.0. The van der Waals surface area contributed by atoms with Crippen LogP contribution in [0.15, 0.2) is 150 Å². The van der Waals surface area contributed by atoms with Crippen LogP contribution in [0.4, 0.5) is 0 Å². The lowest BCUT2D eigenvalue weighted by Crippen LogP contribution is -2.14. The number of hydrogen-bond donors (Lipinski definition) is 0. The molecule has 3 nitrogen and oxygen atoms in total. The summed E-state index contributed by atoms with van der Waals surface area (Å²) >= 11 is 0. The van der Waals surface area contributed by atoms with Crippen molar-refractivity contribution >= 4 is 21.9 Å². The molecule has 3 heteroatoms. The maximum absolute atomic E-state index is 6.68. The van der Waals surface area contributed by atoms with Gasteiger partial charge in [-0.25, -0.2) is 9.97 Å². The van der Waals surface area contributed by atoms with Crippen molar-refractivity contribution in [1.29, 1.82) is 0 Å². The summed E-state index contributed by atoms with van der Waals surface area (Å²) in [5, 5.41) is 2.28. The molecular formula is C43H30N2O. The molecule has 0 unspecified atom stereocenters. The fourth-order valence-electron chi connectivity index (χ4n) is 7.11. The first-order valence-electron chi connectivity index (χ1n) is 15.7. The highest BCUT2D eigenvalue weighted by Crippen LogP contribution is 2.51. The molecule has 9 rings (SSSR count). The molecule has 0 fully saturated rings. The lowest BCUT2D eigenvalue weighted by Gasteiger charge is -2.21. The van der Waals surface area contributed by atoms with E-state index in [1.807, 2.05) is 36.4 Å². The third-order valence-electron chi connectivity index (χ3n) is 9.52. The second-order valence-corrected chi connectivity index (χ2v) is 12.6. The minimum absolute atomic E-state index is 0.0714. The van der Waals surface area contributed by atoms with Crippen molar-refractivity contribution in [2.24, 2.45) is 0 Å². The van der Waals surface area contributed by atoms with Gasteiger partial charge in [-0.1, -0.05) is 141 Å². The number of para-hydroxylation sites is 1. The second-order valence-electron chi connectivity index (χ2n) is 12.6. The van der Waals surface area contributed by atoms with Gasteiger partial charge in [0.2, 0.25) is 0 Å². The van der Waals surface area contributed by atoms with E-state index >= 15 is 0 Å². The maximum Gasteiger partial charge on any atom is 0.160 e. The SMILES string of the molecule is CC1(C)c2ccccc2-c2cc3c(cc21)oc1c(-c2ccc(-c4nc(-c5ccccc5)cc(-c5ccccc5)n4)cc2)cccc13. The lowest BCUT2D eigenvalue weighted by atomic mass is 9.82. The molecule has 218 valence electrons. The molecule has 46 heavy (non-hydrogen) atoms. The minimum atomic E-state index is -0.0714. The monoisotopic (exact) mass is 590 g/mol. The molecule has 1 aliphatic rings. The van der Waals surface area contributed by atoms with Crippen LogP contribution >= 0.6 is 0 Å². The summed E-state index contributed by atoms with van der Waals surface area (Å²) in [5.74, 6) is 0.700. The Balaban J connectivity index is 1.14. The number of nitrogens with zero attached hydrogens (tertiary/aromatic N) is 2. The number of fused-ring (bicyclic) bond motifs is 6. The average Bonchev–Trinajstić information content (AvgIpc) is 3.59. The van der Waals surface area contributed by atoms with E-state index in [9.17, 15) is 0 Å². The molecule has 1 aliphatic carbocycles. The van der Waals surface area contributed by atoms with Gasteiger partial charge in [-0.3, -0.25) is 0 Å². The number of benzene rings is 6. The Hall–Kier alpha value is -5.80. The molecular weight excluding hydrogens is 560 g/mol. The number of furan rings is 1. The summed E-state index contributed by atoms with van der Waals surface area (Å²) in [6.45, 7) is 4.61. The van der Waals surface area contributed by atoms with E-state index in [1.165, 1.54) is 22.3 Å². The molecule has 8 aromatic rings. The molecule has 0 bridgehead atoms. The van der Waals surface area contributed by atoms with Crippen LogP contribution in [0.3, 0.4) is 0 Å². The van der Waals surface area contributed by atoms with Crippen LogP contribution in [-0.4, -0.2) is 9.97 Å². The molecule has 6 aromatic carbocycles. The van der Waals surface area contributed by atoms with E-state index < -0.39 is 0 Å². The van der Waals surface area contributed by atoms with Crippen molar-refractivity contribution in [3.05, 3.63) is 157 Å². The predicted molar refractivity (Wildman–Crippen MR) is 189 cm³/mol. The molecule has 0 N–H and O–H groups in total. The second kappa shape index (κ2) is 10.1. The molecule has 0 saturated heterocycles. The Morgan fingerprint density at radius 3 is 1.76 bits per heavy atom. The minimum Gasteiger partial charge on any atom is -0.455 e. The van der Waals surface area contributed by atoms with Crippen molar-refractivity contribution in [3.8, 4) is 56.2 Å². The Bertz CT molecular complexity index is 2360. The zero-order valence-electron chi connectivity index (χ0n) is 25.7. The van der Waals surface area contributed by atoms with Crippen LogP contribution in [0.25, 0.3) is 78.1 Å². The van der Waals surface area contributed by atoms with Gasteiger partial charge in [0.1, 0.15) is 11.2 Å². The first kappa shape index (κ1) is 26.6. The van der Waals surface area contributed by atoms with Crippen molar-refractivity contribution in [2.45, 2.75) is 19.3 Å². The molecule has 0 amide bonds. The normalized spacial score (nSPS) is 13.2. The van der Waals surface area contributed by atoms with E-state index in [0.29, 0.717) is 5.82 Å². The topological polar surface area (TPSA) is 38.9 Å². The standard InChI is InChI=1S/C43H30N2O/c1-43(2)36-19-10-9-16-32(36)34-24-35-33-18-11-17-31(41(33)46-40(35)25-37(34)43)27-20-22-30(23-21-27)42-44-38(28-12-5-3-6-13-28)26-39(45-42)29-14-7-4-8-15-29/h3-26H,1-2H3. The van der Waals surface area contributed by atoms with Crippen LogP contribution in [0.5, 0.6) is 0 Å².